The fourth-order valence-electron chi connectivity index (χ4n) is 3.78. The van der Waals surface area contributed by atoms with Crippen molar-refractivity contribution in [1.82, 2.24) is 15.6 Å². The third kappa shape index (κ3) is 9.27. The van der Waals surface area contributed by atoms with Gasteiger partial charge in [-0.3, -0.25) is 14.6 Å². The van der Waals surface area contributed by atoms with Crippen molar-refractivity contribution in [3.05, 3.63) is 72.1 Å². The number of carbonyl (C=O) groups is 2. The van der Waals surface area contributed by atoms with Crippen LogP contribution >= 0.6 is 0 Å². The molecule has 0 aliphatic rings. The van der Waals surface area contributed by atoms with Crippen molar-refractivity contribution in [3.63, 3.8) is 0 Å². The van der Waals surface area contributed by atoms with Crippen LogP contribution in [-0.4, -0.2) is 77.6 Å². The van der Waals surface area contributed by atoms with Crippen LogP contribution in [0.3, 0.4) is 0 Å². The monoisotopic (exact) mass is 537 g/mol. The molecule has 0 atom stereocenters. The predicted molar refractivity (Wildman–Crippen MR) is 146 cm³/mol. The number of hydrogen-bond donors (Lipinski definition) is 2. The number of methoxy groups -OCH3 is 3. The third-order valence-electron chi connectivity index (χ3n) is 5.68. The van der Waals surface area contributed by atoms with Crippen LogP contribution in [0.15, 0.2) is 60.9 Å². The maximum Gasteiger partial charge on any atom is 0.251 e. The van der Waals surface area contributed by atoms with Crippen LogP contribution in [0, 0.1) is 0 Å². The summed E-state index contributed by atoms with van der Waals surface area (Å²) in [5, 5.41) is 5.67. The summed E-state index contributed by atoms with van der Waals surface area (Å²) in [6.45, 7) is 2.23. The first-order valence-corrected chi connectivity index (χ1v) is 12.6. The van der Waals surface area contributed by atoms with E-state index in [0.717, 1.165) is 16.7 Å². The van der Waals surface area contributed by atoms with Crippen molar-refractivity contribution in [2.45, 2.75) is 6.42 Å². The minimum atomic E-state index is -0.164. The summed E-state index contributed by atoms with van der Waals surface area (Å²) in [6, 6.07) is 14.7. The van der Waals surface area contributed by atoms with Gasteiger partial charge in [-0.1, -0.05) is 18.2 Å². The molecule has 2 N–H and O–H groups in total. The summed E-state index contributed by atoms with van der Waals surface area (Å²) in [6.07, 6.45) is 3.64. The highest BCUT2D eigenvalue weighted by atomic mass is 16.5. The van der Waals surface area contributed by atoms with Crippen LogP contribution in [-0.2, 0) is 20.7 Å². The van der Waals surface area contributed by atoms with Crippen LogP contribution in [0.5, 0.6) is 17.2 Å². The van der Waals surface area contributed by atoms with Gasteiger partial charge in [0.2, 0.25) is 11.7 Å². The van der Waals surface area contributed by atoms with Crippen molar-refractivity contribution >= 4 is 11.8 Å². The van der Waals surface area contributed by atoms with Crippen molar-refractivity contribution in [2.75, 3.05) is 60.8 Å². The van der Waals surface area contributed by atoms with Crippen LogP contribution in [0.1, 0.15) is 15.9 Å². The molecule has 1 heterocycles. The second-order valence-corrected chi connectivity index (χ2v) is 8.36. The quantitative estimate of drug-likeness (QED) is 0.268. The number of rotatable bonds is 16. The standard InChI is InChI=1S/C29H35N3O7/c1-35-25-16-21(17-26(36-2)28(25)37-3)18-27(33)31-10-12-38-14-15-39-13-11-32-29(34)23-7-4-6-22(19-23)24-8-5-9-30-20-24/h4-9,16-17,19-20H,10-15,18H2,1-3H3,(H,31,33)(H,32,34). The zero-order valence-electron chi connectivity index (χ0n) is 22.5. The molecule has 0 saturated heterocycles. The largest absolute Gasteiger partial charge is 0.493 e. The second-order valence-electron chi connectivity index (χ2n) is 8.36. The molecule has 3 aromatic rings. The number of aromatic nitrogens is 1. The molecular formula is C29H35N3O7. The number of benzene rings is 2. The molecular weight excluding hydrogens is 502 g/mol. The van der Waals surface area contributed by atoms with E-state index in [1.54, 1.807) is 30.6 Å². The van der Waals surface area contributed by atoms with E-state index < -0.39 is 0 Å². The number of amides is 2. The number of nitrogens with zero attached hydrogens (tertiary/aromatic N) is 1. The lowest BCUT2D eigenvalue weighted by Gasteiger charge is -2.14. The minimum Gasteiger partial charge on any atom is -0.493 e. The van der Waals surface area contributed by atoms with Crippen molar-refractivity contribution in [1.29, 1.82) is 0 Å². The number of nitrogens with one attached hydrogen (secondary N) is 2. The maximum atomic E-state index is 12.4. The Morgan fingerprint density at radius 1 is 0.769 bits per heavy atom. The Morgan fingerprint density at radius 3 is 2.05 bits per heavy atom. The van der Waals surface area contributed by atoms with Crippen molar-refractivity contribution in [2.24, 2.45) is 0 Å². The molecule has 0 radical (unpaired) electrons. The highest BCUT2D eigenvalue weighted by molar-refractivity contribution is 5.95. The molecule has 0 aliphatic carbocycles. The van der Waals surface area contributed by atoms with E-state index in [4.69, 9.17) is 23.7 Å². The van der Waals surface area contributed by atoms with E-state index in [-0.39, 0.29) is 18.2 Å². The van der Waals surface area contributed by atoms with Crippen LogP contribution in [0.2, 0.25) is 0 Å². The second kappa shape index (κ2) is 16.0. The number of hydrogen-bond acceptors (Lipinski definition) is 8. The average Bonchev–Trinajstić information content (AvgIpc) is 2.97. The Labute approximate surface area is 228 Å². The first-order valence-electron chi connectivity index (χ1n) is 12.6. The molecule has 0 fully saturated rings. The van der Waals surface area contributed by atoms with Gasteiger partial charge in [-0.15, -0.1) is 0 Å². The lowest BCUT2D eigenvalue weighted by Crippen LogP contribution is -2.29. The molecule has 10 heteroatoms. The summed E-state index contributed by atoms with van der Waals surface area (Å²) in [5.74, 6) is 1.16. The Morgan fingerprint density at radius 2 is 1.44 bits per heavy atom. The normalized spacial score (nSPS) is 10.5. The van der Waals surface area contributed by atoms with Gasteiger partial charge in [0.05, 0.1) is 54.2 Å². The zero-order valence-corrected chi connectivity index (χ0v) is 22.5. The van der Waals surface area contributed by atoms with Gasteiger partial charge in [0.1, 0.15) is 0 Å². The lowest BCUT2D eigenvalue weighted by atomic mass is 10.0. The van der Waals surface area contributed by atoms with Crippen LogP contribution in [0.25, 0.3) is 11.1 Å². The Balaban J connectivity index is 1.25. The molecule has 3 rings (SSSR count). The molecule has 0 unspecified atom stereocenters. The Kier molecular flexibility index (Phi) is 12.0. The maximum absolute atomic E-state index is 12.4. The van der Waals surface area contributed by atoms with E-state index in [0.29, 0.717) is 62.3 Å². The summed E-state index contributed by atoms with van der Waals surface area (Å²) in [4.78, 5) is 28.8. The molecule has 39 heavy (non-hydrogen) atoms. The van der Waals surface area contributed by atoms with E-state index in [2.05, 4.69) is 15.6 Å². The highest BCUT2D eigenvalue weighted by Gasteiger charge is 2.15. The molecule has 10 nitrogen and oxygen atoms in total. The summed E-state index contributed by atoms with van der Waals surface area (Å²) in [7, 11) is 4.59. The molecule has 0 aliphatic heterocycles. The number of ether oxygens (including phenoxy) is 5. The zero-order chi connectivity index (χ0) is 27.9. The summed E-state index contributed by atoms with van der Waals surface area (Å²) < 4.78 is 27.0. The fraction of sp³-hybridized carbons (Fsp3) is 0.345. The van der Waals surface area contributed by atoms with E-state index >= 15 is 0 Å². The first kappa shape index (κ1) is 29.4. The number of pyridine rings is 1. The Bertz CT molecular complexity index is 1180. The summed E-state index contributed by atoms with van der Waals surface area (Å²) >= 11 is 0. The molecule has 0 bridgehead atoms. The lowest BCUT2D eigenvalue weighted by molar-refractivity contribution is -0.120. The Hall–Kier alpha value is -4.15. The molecule has 2 amide bonds. The molecule has 2 aromatic carbocycles. The summed E-state index contributed by atoms with van der Waals surface area (Å²) in [5.41, 5.74) is 3.20. The van der Waals surface area contributed by atoms with Gasteiger partial charge in [0.25, 0.3) is 5.91 Å². The van der Waals surface area contributed by atoms with Crippen LogP contribution in [0.4, 0.5) is 0 Å². The third-order valence-corrected chi connectivity index (χ3v) is 5.68. The fourth-order valence-corrected chi connectivity index (χ4v) is 3.78. The van der Waals surface area contributed by atoms with Gasteiger partial charge in [-0.25, -0.2) is 0 Å². The van der Waals surface area contributed by atoms with Gasteiger partial charge in [0.15, 0.2) is 11.5 Å². The van der Waals surface area contributed by atoms with Gasteiger partial charge in [0, 0.05) is 36.6 Å². The molecule has 1 aromatic heterocycles. The van der Waals surface area contributed by atoms with Gasteiger partial charge < -0.3 is 34.3 Å². The highest BCUT2D eigenvalue weighted by Crippen LogP contribution is 2.38. The van der Waals surface area contributed by atoms with Crippen molar-refractivity contribution < 1.29 is 33.3 Å². The van der Waals surface area contributed by atoms with Gasteiger partial charge >= 0.3 is 0 Å². The van der Waals surface area contributed by atoms with Crippen molar-refractivity contribution in [3.8, 4) is 28.4 Å². The molecule has 0 saturated carbocycles. The molecule has 0 spiro atoms. The van der Waals surface area contributed by atoms with Gasteiger partial charge in [-0.05, 0) is 41.5 Å². The topological polar surface area (TPSA) is 117 Å². The average molecular weight is 538 g/mol. The van der Waals surface area contributed by atoms with E-state index in [1.165, 1.54) is 21.3 Å². The predicted octanol–water partition coefficient (Wildman–Crippen LogP) is 2.90. The van der Waals surface area contributed by atoms with Gasteiger partial charge in [-0.2, -0.15) is 0 Å². The first-order chi connectivity index (χ1) is 19.0. The smallest absolute Gasteiger partial charge is 0.251 e. The van der Waals surface area contributed by atoms with Crippen LogP contribution < -0.4 is 24.8 Å². The molecule has 208 valence electrons. The van der Waals surface area contributed by atoms with E-state index in [1.807, 2.05) is 30.3 Å². The van der Waals surface area contributed by atoms with E-state index in [9.17, 15) is 9.59 Å². The SMILES string of the molecule is COc1cc(CC(=O)NCCOCCOCCNC(=O)c2cccc(-c3cccnc3)c2)cc(OC)c1OC. The minimum absolute atomic E-state index is 0.147. The number of carbonyl (C=O) groups excluding carboxylic acids is 2.